The molecule has 0 bridgehead atoms. The lowest BCUT2D eigenvalue weighted by molar-refractivity contribution is -0.138. The zero-order chi connectivity index (χ0) is 24.2. The highest BCUT2D eigenvalue weighted by Crippen LogP contribution is 2.44. The van der Waals surface area contributed by atoms with Crippen molar-refractivity contribution < 1.29 is 28.8 Å². The Bertz CT molecular complexity index is 1170. The summed E-state index contributed by atoms with van der Waals surface area (Å²) in [4.78, 5) is 37.5. The van der Waals surface area contributed by atoms with Crippen LogP contribution < -0.4 is 5.32 Å². The third-order valence-electron chi connectivity index (χ3n) is 5.81. The van der Waals surface area contributed by atoms with Crippen molar-refractivity contribution in [3.8, 4) is 11.1 Å². The van der Waals surface area contributed by atoms with Crippen LogP contribution in [0.15, 0.2) is 59.3 Å². The summed E-state index contributed by atoms with van der Waals surface area (Å²) in [7, 11) is 0. The number of hydrogen-bond donors (Lipinski definition) is 2. The van der Waals surface area contributed by atoms with Crippen LogP contribution in [0.3, 0.4) is 0 Å². The highest BCUT2D eigenvalue weighted by molar-refractivity contribution is 5.96. The van der Waals surface area contributed by atoms with Crippen molar-refractivity contribution in [2.45, 2.75) is 32.4 Å². The number of aromatic nitrogens is 1. The van der Waals surface area contributed by atoms with E-state index in [2.05, 4.69) is 22.6 Å². The van der Waals surface area contributed by atoms with Crippen LogP contribution in [0, 0.1) is 0 Å². The molecule has 9 heteroatoms. The summed E-state index contributed by atoms with van der Waals surface area (Å²) in [5, 5.41) is 15.5. The van der Waals surface area contributed by atoms with E-state index in [0.29, 0.717) is 0 Å². The van der Waals surface area contributed by atoms with Gasteiger partial charge in [-0.2, -0.15) is 0 Å². The number of nitrogens with zero attached hydrogens (tertiary/aromatic N) is 2. The third-order valence-corrected chi connectivity index (χ3v) is 5.81. The van der Waals surface area contributed by atoms with E-state index >= 15 is 0 Å². The number of alkyl carbamates (subject to hydrolysis) is 1. The van der Waals surface area contributed by atoms with E-state index in [4.69, 9.17) is 14.4 Å². The molecule has 0 spiro atoms. The number of ether oxygens (including phenoxy) is 1. The van der Waals surface area contributed by atoms with Crippen LogP contribution in [0.2, 0.25) is 0 Å². The number of fused-ring (bicyclic) bond motifs is 3. The first kappa shape index (κ1) is 23.0. The molecule has 2 N–H and O–H groups in total. The molecule has 3 aromatic rings. The van der Waals surface area contributed by atoms with Gasteiger partial charge in [0.25, 0.3) is 5.91 Å². The fraction of sp³-hybridized carbons (Fsp3) is 0.280. The minimum Gasteiger partial charge on any atom is -0.480 e. The predicted octanol–water partition coefficient (Wildman–Crippen LogP) is 3.65. The van der Waals surface area contributed by atoms with Gasteiger partial charge in [-0.15, -0.1) is 0 Å². The monoisotopic (exact) mass is 463 g/mol. The molecular formula is C25H25N3O6. The van der Waals surface area contributed by atoms with Gasteiger partial charge in [0.1, 0.15) is 30.7 Å². The van der Waals surface area contributed by atoms with Crippen molar-refractivity contribution >= 4 is 18.0 Å². The van der Waals surface area contributed by atoms with Gasteiger partial charge in [0.05, 0.1) is 6.54 Å². The fourth-order valence-electron chi connectivity index (χ4n) is 4.16. The Hall–Kier alpha value is -4.14. The average molecular weight is 463 g/mol. The molecule has 34 heavy (non-hydrogen) atoms. The summed E-state index contributed by atoms with van der Waals surface area (Å²) in [6.45, 7) is 3.02. The molecule has 0 saturated carbocycles. The first-order valence-corrected chi connectivity index (χ1v) is 10.9. The number of nitrogens with one attached hydrogen (secondary N) is 1. The largest absolute Gasteiger partial charge is 0.480 e. The second kappa shape index (κ2) is 9.78. The Labute approximate surface area is 196 Å². The molecule has 0 unspecified atom stereocenters. The number of carboxylic acid groups (broad SMARTS) is 1. The van der Waals surface area contributed by atoms with E-state index in [9.17, 15) is 14.4 Å². The van der Waals surface area contributed by atoms with Crippen molar-refractivity contribution in [2.75, 3.05) is 13.2 Å². The maximum absolute atomic E-state index is 12.8. The van der Waals surface area contributed by atoms with Gasteiger partial charge in [-0.3, -0.25) is 9.59 Å². The lowest BCUT2D eigenvalue weighted by Crippen LogP contribution is -2.41. The van der Waals surface area contributed by atoms with Gasteiger partial charge in [-0.05, 0) is 36.1 Å². The normalized spacial score (nSPS) is 12.2. The van der Waals surface area contributed by atoms with Crippen molar-refractivity contribution in [1.29, 1.82) is 0 Å². The number of aliphatic carboxylic acids is 1. The smallest absolute Gasteiger partial charge is 0.407 e. The molecule has 1 aliphatic carbocycles. The summed E-state index contributed by atoms with van der Waals surface area (Å²) in [6, 6.07) is 15.7. The molecule has 1 aromatic heterocycles. The summed E-state index contributed by atoms with van der Waals surface area (Å²) >= 11 is 0. The molecule has 0 aliphatic heterocycles. The van der Waals surface area contributed by atoms with Crippen molar-refractivity contribution in [1.82, 2.24) is 15.4 Å². The van der Waals surface area contributed by atoms with Crippen molar-refractivity contribution in [2.24, 2.45) is 0 Å². The molecule has 176 valence electrons. The number of benzene rings is 2. The SMILES string of the molecule is CC(C)N(CC(=O)O)C(=O)c1conc1CNC(=O)OCC1c2ccccc2-c2ccccc21. The third kappa shape index (κ3) is 4.63. The van der Waals surface area contributed by atoms with Gasteiger partial charge in [0, 0.05) is 12.0 Å². The number of carboxylic acids is 1. The lowest BCUT2D eigenvalue weighted by atomic mass is 9.98. The molecule has 2 aromatic carbocycles. The van der Waals surface area contributed by atoms with Crippen LogP contribution in [0.4, 0.5) is 4.79 Å². The van der Waals surface area contributed by atoms with Gasteiger partial charge >= 0.3 is 12.1 Å². The Morgan fingerprint density at radius 3 is 2.29 bits per heavy atom. The van der Waals surface area contributed by atoms with Crippen molar-refractivity contribution in [3.05, 3.63) is 77.2 Å². The zero-order valence-corrected chi connectivity index (χ0v) is 18.9. The van der Waals surface area contributed by atoms with Gasteiger partial charge in [-0.1, -0.05) is 53.7 Å². The average Bonchev–Trinajstić information content (AvgIpc) is 3.42. The molecule has 1 heterocycles. The molecule has 0 fully saturated rings. The lowest BCUT2D eigenvalue weighted by Gasteiger charge is -2.24. The number of carbonyl (C=O) groups excluding carboxylic acids is 2. The quantitative estimate of drug-likeness (QED) is 0.523. The summed E-state index contributed by atoms with van der Waals surface area (Å²) < 4.78 is 10.4. The fourth-order valence-corrected chi connectivity index (χ4v) is 4.16. The Morgan fingerprint density at radius 2 is 1.71 bits per heavy atom. The van der Waals surface area contributed by atoms with E-state index in [1.165, 1.54) is 4.90 Å². The van der Waals surface area contributed by atoms with Gasteiger partial charge < -0.3 is 24.6 Å². The minimum atomic E-state index is -1.13. The predicted molar refractivity (Wildman–Crippen MR) is 122 cm³/mol. The van der Waals surface area contributed by atoms with Crippen LogP contribution in [0.5, 0.6) is 0 Å². The maximum Gasteiger partial charge on any atom is 0.407 e. The maximum atomic E-state index is 12.8. The number of rotatable bonds is 8. The molecule has 2 amide bonds. The Morgan fingerprint density at radius 1 is 1.09 bits per heavy atom. The van der Waals surface area contributed by atoms with Crippen LogP contribution >= 0.6 is 0 Å². The van der Waals surface area contributed by atoms with Gasteiger partial charge in [0.15, 0.2) is 0 Å². The highest BCUT2D eigenvalue weighted by atomic mass is 16.5. The number of carbonyl (C=O) groups is 3. The molecule has 1 aliphatic rings. The zero-order valence-electron chi connectivity index (χ0n) is 18.9. The van der Waals surface area contributed by atoms with Gasteiger partial charge in [-0.25, -0.2) is 4.79 Å². The first-order chi connectivity index (χ1) is 16.4. The second-order valence-corrected chi connectivity index (χ2v) is 8.27. The summed E-state index contributed by atoms with van der Waals surface area (Å²) in [5.74, 6) is -1.74. The molecule has 0 radical (unpaired) electrons. The van der Waals surface area contributed by atoms with E-state index in [1.807, 2.05) is 36.4 Å². The number of hydrogen-bond acceptors (Lipinski definition) is 6. The van der Waals surface area contributed by atoms with Crippen LogP contribution in [-0.4, -0.2) is 52.3 Å². The second-order valence-electron chi connectivity index (χ2n) is 8.27. The standard InChI is InChI=1S/C25H25N3O6/c1-15(2)28(12-23(29)30)24(31)21-14-34-27-22(21)11-26-25(32)33-13-20-18-9-5-3-7-16(18)17-8-4-6-10-19(17)20/h3-10,14-15,20H,11-13H2,1-2H3,(H,26,32)(H,29,30). The van der Waals surface area contributed by atoms with E-state index in [1.54, 1.807) is 13.8 Å². The minimum absolute atomic E-state index is 0.0713. The van der Waals surface area contributed by atoms with E-state index < -0.39 is 24.5 Å². The Balaban J connectivity index is 1.39. The van der Waals surface area contributed by atoms with Crippen LogP contribution in [0.1, 0.15) is 46.9 Å². The van der Waals surface area contributed by atoms with Crippen molar-refractivity contribution in [3.63, 3.8) is 0 Å². The summed E-state index contributed by atoms with van der Waals surface area (Å²) in [5.41, 5.74) is 4.76. The van der Waals surface area contributed by atoms with Crippen LogP contribution in [-0.2, 0) is 16.1 Å². The molecule has 0 atom stereocenters. The molecular weight excluding hydrogens is 438 g/mol. The van der Waals surface area contributed by atoms with E-state index in [-0.39, 0.29) is 36.4 Å². The Kier molecular flexibility index (Phi) is 6.62. The molecule has 9 nitrogen and oxygen atoms in total. The topological polar surface area (TPSA) is 122 Å². The van der Waals surface area contributed by atoms with E-state index in [0.717, 1.165) is 28.5 Å². The van der Waals surface area contributed by atoms with Crippen LogP contribution in [0.25, 0.3) is 11.1 Å². The summed E-state index contributed by atoms with van der Waals surface area (Å²) in [6.07, 6.45) is 0.489. The highest BCUT2D eigenvalue weighted by Gasteiger charge is 2.29. The molecule has 0 saturated heterocycles. The molecule has 4 rings (SSSR count). The number of amides is 2. The first-order valence-electron chi connectivity index (χ1n) is 10.9. The van der Waals surface area contributed by atoms with Gasteiger partial charge in [0.2, 0.25) is 0 Å².